The van der Waals surface area contributed by atoms with Crippen molar-refractivity contribution in [3.8, 4) is 17.6 Å². The van der Waals surface area contributed by atoms with E-state index in [2.05, 4.69) is 10.9 Å². The van der Waals surface area contributed by atoms with Crippen molar-refractivity contribution < 1.29 is 19.1 Å². The predicted octanol–water partition coefficient (Wildman–Crippen LogP) is 2.17. The number of amides is 2. The van der Waals surface area contributed by atoms with Crippen molar-refractivity contribution in [1.29, 1.82) is 5.26 Å². The van der Waals surface area contributed by atoms with E-state index in [0.717, 1.165) is 11.1 Å². The van der Waals surface area contributed by atoms with Crippen molar-refractivity contribution >= 4 is 11.8 Å². The Hall–Kier alpha value is -3.53. The summed E-state index contributed by atoms with van der Waals surface area (Å²) in [5.74, 6) is 0.0276. The standard InChI is InChI=1S/C20H21N3O4/c1-13-8-14(2)10-18(9-13)26-12-19(24)22-23-20(25)15(3)27-17-6-4-16(11-21)5-7-17/h4-10,15H,12H2,1-3H3,(H,22,24)(H,23,25). The van der Waals surface area contributed by atoms with E-state index in [9.17, 15) is 9.59 Å². The van der Waals surface area contributed by atoms with E-state index >= 15 is 0 Å². The van der Waals surface area contributed by atoms with Crippen LogP contribution < -0.4 is 20.3 Å². The zero-order chi connectivity index (χ0) is 19.8. The van der Waals surface area contributed by atoms with Crippen LogP contribution in [0.5, 0.6) is 11.5 Å². The maximum atomic E-state index is 12.0. The largest absolute Gasteiger partial charge is 0.484 e. The SMILES string of the molecule is Cc1cc(C)cc(OCC(=O)NNC(=O)C(C)Oc2ccc(C#N)cc2)c1. The van der Waals surface area contributed by atoms with Crippen molar-refractivity contribution in [2.45, 2.75) is 26.9 Å². The van der Waals surface area contributed by atoms with Crippen LogP contribution in [-0.4, -0.2) is 24.5 Å². The molecular formula is C20H21N3O4. The highest BCUT2D eigenvalue weighted by atomic mass is 16.5. The molecule has 140 valence electrons. The summed E-state index contributed by atoms with van der Waals surface area (Å²) in [6, 6.07) is 14.0. The highest BCUT2D eigenvalue weighted by Crippen LogP contribution is 2.16. The Labute approximate surface area is 157 Å². The number of ether oxygens (including phenoxy) is 2. The van der Waals surface area contributed by atoms with Crippen molar-refractivity contribution in [3.05, 3.63) is 59.2 Å². The van der Waals surface area contributed by atoms with Gasteiger partial charge in [0.15, 0.2) is 12.7 Å². The molecule has 0 aliphatic rings. The quantitative estimate of drug-likeness (QED) is 0.762. The number of benzene rings is 2. The minimum Gasteiger partial charge on any atom is -0.484 e. The van der Waals surface area contributed by atoms with E-state index in [1.54, 1.807) is 31.2 Å². The minimum absolute atomic E-state index is 0.228. The molecule has 0 spiro atoms. The summed E-state index contributed by atoms with van der Waals surface area (Å²) in [6.45, 7) is 5.20. The Kier molecular flexibility index (Phi) is 6.78. The first-order valence-electron chi connectivity index (χ1n) is 8.34. The average molecular weight is 367 g/mol. The molecule has 0 bridgehead atoms. The van der Waals surface area contributed by atoms with Crippen molar-refractivity contribution in [2.24, 2.45) is 0 Å². The molecular weight excluding hydrogens is 346 g/mol. The molecule has 2 aromatic carbocycles. The molecule has 7 heteroatoms. The van der Waals surface area contributed by atoms with Crippen molar-refractivity contribution in [2.75, 3.05) is 6.61 Å². The van der Waals surface area contributed by atoms with Gasteiger partial charge in [0.25, 0.3) is 11.8 Å². The topological polar surface area (TPSA) is 100 Å². The fraction of sp³-hybridized carbons (Fsp3) is 0.250. The number of hydrogen-bond donors (Lipinski definition) is 2. The van der Waals surface area contributed by atoms with Crippen LogP contribution in [0.15, 0.2) is 42.5 Å². The lowest BCUT2D eigenvalue weighted by atomic mass is 10.1. The number of nitriles is 1. The Morgan fingerprint density at radius 2 is 1.67 bits per heavy atom. The van der Waals surface area contributed by atoms with Gasteiger partial charge >= 0.3 is 0 Å². The molecule has 0 aliphatic carbocycles. The minimum atomic E-state index is -0.835. The Morgan fingerprint density at radius 3 is 2.26 bits per heavy atom. The number of hydrazine groups is 1. The van der Waals surface area contributed by atoms with Gasteiger partial charge in [-0.3, -0.25) is 20.4 Å². The van der Waals surface area contributed by atoms with Crippen LogP contribution in [0.4, 0.5) is 0 Å². The summed E-state index contributed by atoms with van der Waals surface area (Å²) in [4.78, 5) is 23.8. The number of nitrogens with one attached hydrogen (secondary N) is 2. The van der Waals surface area contributed by atoms with Crippen LogP contribution in [0.1, 0.15) is 23.6 Å². The monoisotopic (exact) mass is 367 g/mol. The van der Waals surface area contributed by atoms with Crippen LogP contribution in [-0.2, 0) is 9.59 Å². The highest BCUT2D eigenvalue weighted by Gasteiger charge is 2.15. The van der Waals surface area contributed by atoms with Gasteiger partial charge < -0.3 is 9.47 Å². The molecule has 0 saturated carbocycles. The number of rotatable bonds is 6. The zero-order valence-electron chi connectivity index (χ0n) is 15.4. The summed E-state index contributed by atoms with van der Waals surface area (Å²) in [5, 5.41) is 8.76. The van der Waals surface area contributed by atoms with Gasteiger partial charge in [0.1, 0.15) is 11.5 Å². The molecule has 0 aliphatic heterocycles. The Balaban J connectivity index is 1.76. The molecule has 2 rings (SSSR count). The molecule has 1 atom stereocenters. The fourth-order valence-electron chi connectivity index (χ4n) is 2.30. The first kappa shape index (κ1) is 19.8. The normalized spacial score (nSPS) is 11.0. The van der Waals surface area contributed by atoms with Crippen molar-refractivity contribution in [1.82, 2.24) is 10.9 Å². The van der Waals surface area contributed by atoms with Gasteiger partial charge in [-0.05, 0) is 68.3 Å². The summed E-state index contributed by atoms with van der Waals surface area (Å²) in [6.07, 6.45) is -0.835. The van der Waals surface area contributed by atoms with E-state index in [1.165, 1.54) is 0 Å². The van der Waals surface area contributed by atoms with Gasteiger partial charge in [-0.2, -0.15) is 5.26 Å². The second kappa shape index (κ2) is 9.25. The Morgan fingerprint density at radius 1 is 1.04 bits per heavy atom. The molecule has 7 nitrogen and oxygen atoms in total. The zero-order valence-corrected chi connectivity index (χ0v) is 15.4. The third kappa shape index (κ3) is 6.36. The number of carbonyl (C=O) groups is 2. The van der Waals surface area contributed by atoms with Gasteiger partial charge in [0.05, 0.1) is 11.6 Å². The summed E-state index contributed by atoms with van der Waals surface area (Å²) < 4.78 is 10.9. The van der Waals surface area contributed by atoms with E-state index in [1.807, 2.05) is 38.1 Å². The number of carbonyl (C=O) groups excluding carboxylic acids is 2. The second-order valence-corrected chi connectivity index (χ2v) is 6.05. The van der Waals surface area contributed by atoms with Crippen LogP contribution >= 0.6 is 0 Å². The highest BCUT2D eigenvalue weighted by molar-refractivity contribution is 5.85. The first-order valence-corrected chi connectivity index (χ1v) is 8.34. The van der Waals surface area contributed by atoms with Crippen LogP contribution in [0.25, 0.3) is 0 Å². The van der Waals surface area contributed by atoms with Crippen molar-refractivity contribution in [3.63, 3.8) is 0 Å². The molecule has 0 aromatic heterocycles. The van der Waals surface area contributed by atoms with Gasteiger partial charge in [-0.15, -0.1) is 0 Å². The molecule has 2 aromatic rings. The maximum absolute atomic E-state index is 12.0. The maximum Gasteiger partial charge on any atom is 0.279 e. The second-order valence-electron chi connectivity index (χ2n) is 6.05. The Bertz CT molecular complexity index is 836. The van der Waals surface area contributed by atoms with Crippen LogP contribution in [0.3, 0.4) is 0 Å². The van der Waals surface area contributed by atoms with E-state index in [0.29, 0.717) is 17.1 Å². The predicted molar refractivity (Wildman–Crippen MR) is 98.9 cm³/mol. The number of nitrogens with zero attached hydrogens (tertiary/aromatic N) is 1. The molecule has 0 radical (unpaired) electrons. The number of hydrogen-bond acceptors (Lipinski definition) is 5. The number of aryl methyl sites for hydroxylation is 2. The van der Waals surface area contributed by atoms with E-state index in [4.69, 9.17) is 14.7 Å². The van der Waals surface area contributed by atoms with Gasteiger partial charge in [-0.1, -0.05) is 6.07 Å². The van der Waals surface area contributed by atoms with Crippen LogP contribution in [0, 0.1) is 25.2 Å². The summed E-state index contributed by atoms with van der Waals surface area (Å²) >= 11 is 0. The summed E-state index contributed by atoms with van der Waals surface area (Å²) in [5.41, 5.74) is 7.13. The lowest BCUT2D eigenvalue weighted by Gasteiger charge is -2.15. The van der Waals surface area contributed by atoms with E-state index in [-0.39, 0.29) is 6.61 Å². The molecule has 2 N–H and O–H groups in total. The molecule has 0 saturated heterocycles. The molecule has 0 fully saturated rings. The third-order valence-electron chi connectivity index (χ3n) is 3.56. The molecule has 1 unspecified atom stereocenters. The van der Waals surface area contributed by atoms with Gasteiger partial charge in [0.2, 0.25) is 0 Å². The molecule has 2 amide bonds. The third-order valence-corrected chi connectivity index (χ3v) is 3.56. The fourth-order valence-corrected chi connectivity index (χ4v) is 2.30. The molecule has 0 heterocycles. The smallest absolute Gasteiger partial charge is 0.279 e. The van der Waals surface area contributed by atoms with Gasteiger partial charge in [0, 0.05) is 0 Å². The average Bonchev–Trinajstić information content (AvgIpc) is 2.64. The van der Waals surface area contributed by atoms with Gasteiger partial charge in [-0.25, -0.2) is 0 Å². The lowest BCUT2D eigenvalue weighted by Crippen LogP contribution is -2.48. The van der Waals surface area contributed by atoms with E-state index < -0.39 is 17.9 Å². The molecule has 27 heavy (non-hydrogen) atoms. The van der Waals surface area contributed by atoms with Crippen LogP contribution in [0.2, 0.25) is 0 Å². The first-order chi connectivity index (χ1) is 12.9. The summed E-state index contributed by atoms with van der Waals surface area (Å²) in [7, 11) is 0. The lowest BCUT2D eigenvalue weighted by molar-refractivity contribution is -0.133.